The lowest BCUT2D eigenvalue weighted by Crippen LogP contribution is -2.22. The van der Waals surface area contributed by atoms with Crippen LogP contribution in [0.25, 0.3) is 0 Å². The highest BCUT2D eigenvalue weighted by Crippen LogP contribution is 2.20. The minimum atomic E-state index is 0.510. The summed E-state index contributed by atoms with van der Waals surface area (Å²) >= 11 is 5.58. The van der Waals surface area contributed by atoms with E-state index in [1.165, 1.54) is 0 Å². The summed E-state index contributed by atoms with van der Waals surface area (Å²) in [6.45, 7) is 1.14. The Balaban J connectivity index is 1.65. The van der Waals surface area contributed by atoms with Crippen molar-refractivity contribution in [3.05, 3.63) is 95.6 Å². The molecule has 0 bridgehead atoms. The van der Waals surface area contributed by atoms with Crippen LogP contribution in [0.1, 0.15) is 16.7 Å². The van der Waals surface area contributed by atoms with Gasteiger partial charge in [0.15, 0.2) is 0 Å². The van der Waals surface area contributed by atoms with E-state index in [9.17, 15) is 0 Å². The van der Waals surface area contributed by atoms with Crippen molar-refractivity contribution in [2.75, 3.05) is 7.11 Å². The van der Waals surface area contributed by atoms with Gasteiger partial charge in [-0.15, -0.1) is 0 Å². The molecule has 0 aliphatic heterocycles. The van der Waals surface area contributed by atoms with Crippen molar-refractivity contribution in [3.63, 3.8) is 0 Å². The summed E-state index contributed by atoms with van der Waals surface area (Å²) in [5, 5.41) is 3.30. The Labute approximate surface area is 159 Å². The molecule has 0 radical (unpaired) electrons. The standard InChI is InChI=1S/C22H21NO2S/c1-24-19-11-7-10-18(14-19)15-23-22(26)20-12-5-6-13-21(20)25-16-17-8-3-2-4-9-17/h2-14H,15-16H2,1H3,(H,23,26). The van der Waals surface area contributed by atoms with Crippen molar-refractivity contribution in [1.82, 2.24) is 5.32 Å². The average Bonchev–Trinajstić information content (AvgIpc) is 2.71. The molecule has 26 heavy (non-hydrogen) atoms. The fourth-order valence-corrected chi connectivity index (χ4v) is 2.82. The van der Waals surface area contributed by atoms with Crippen LogP contribution >= 0.6 is 12.2 Å². The molecule has 0 atom stereocenters. The van der Waals surface area contributed by atoms with Crippen LogP contribution in [0.5, 0.6) is 11.5 Å². The highest BCUT2D eigenvalue weighted by Gasteiger charge is 2.09. The number of methoxy groups -OCH3 is 1. The predicted octanol–water partition coefficient (Wildman–Crippen LogP) is 4.74. The van der Waals surface area contributed by atoms with Gasteiger partial charge in [-0.2, -0.15) is 0 Å². The summed E-state index contributed by atoms with van der Waals surface area (Å²) in [5.74, 6) is 1.61. The van der Waals surface area contributed by atoms with Gasteiger partial charge in [0.2, 0.25) is 0 Å². The van der Waals surface area contributed by atoms with E-state index in [1.807, 2.05) is 78.9 Å². The van der Waals surface area contributed by atoms with Crippen molar-refractivity contribution in [2.24, 2.45) is 0 Å². The molecule has 3 aromatic rings. The normalized spacial score (nSPS) is 10.2. The maximum atomic E-state index is 5.99. The molecule has 0 saturated carbocycles. The van der Waals surface area contributed by atoms with Gasteiger partial charge in [0.05, 0.1) is 12.7 Å². The minimum absolute atomic E-state index is 0.510. The van der Waals surface area contributed by atoms with E-state index in [2.05, 4.69) is 5.32 Å². The lowest BCUT2D eigenvalue weighted by atomic mass is 10.1. The van der Waals surface area contributed by atoms with E-state index in [4.69, 9.17) is 21.7 Å². The van der Waals surface area contributed by atoms with Gasteiger partial charge in [0.25, 0.3) is 0 Å². The number of hydrogen-bond acceptors (Lipinski definition) is 3. The van der Waals surface area contributed by atoms with Gasteiger partial charge in [-0.3, -0.25) is 0 Å². The number of nitrogens with one attached hydrogen (secondary N) is 1. The number of rotatable bonds is 7. The highest BCUT2D eigenvalue weighted by atomic mass is 32.1. The third kappa shape index (κ3) is 4.83. The zero-order valence-corrected chi connectivity index (χ0v) is 15.5. The van der Waals surface area contributed by atoms with Gasteiger partial charge in [0, 0.05) is 6.54 Å². The van der Waals surface area contributed by atoms with E-state index in [1.54, 1.807) is 7.11 Å². The summed E-state index contributed by atoms with van der Waals surface area (Å²) < 4.78 is 11.2. The van der Waals surface area contributed by atoms with Gasteiger partial charge in [-0.25, -0.2) is 0 Å². The van der Waals surface area contributed by atoms with Gasteiger partial charge in [-0.05, 0) is 35.4 Å². The second kappa shape index (κ2) is 9.02. The van der Waals surface area contributed by atoms with Crippen LogP contribution in [0.4, 0.5) is 0 Å². The largest absolute Gasteiger partial charge is 0.497 e. The van der Waals surface area contributed by atoms with Crippen LogP contribution in [0.3, 0.4) is 0 Å². The molecule has 132 valence electrons. The van der Waals surface area contributed by atoms with E-state index in [0.29, 0.717) is 18.1 Å². The van der Waals surface area contributed by atoms with Gasteiger partial charge in [-0.1, -0.05) is 66.8 Å². The van der Waals surface area contributed by atoms with E-state index >= 15 is 0 Å². The second-order valence-electron chi connectivity index (χ2n) is 5.80. The third-order valence-electron chi connectivity index (χ3n) is 3.96. The van der Waals surface area contributed by atoms with E-state index in [-0.39, 0.29) is 0 Å². The van der Waals surface area contributed by atoms with Crippen LogP contribution in [-0.2, 0) is 13.2 Å². The molecule has 0 fully saturated rings. The molecule has 0 saturated heterocycles. The zero-order valence-electron chi connectivity index (χ0n) is 14.6. The van der Waals surface area contributed by atoms with Crippen LogP contribution < -0.4 is 14.8 Å². The zero-order chi connectivity index (χ0) is 18.2. The Morgan fingerprint density at radius 1 is 0.885 bits per heavy atom. The van der Waals surface area contributed by atoms with Crippen molar-refractivity contribution >= 4 is 17.2 Å². The first-order valence-corrected chi connectivity index (χ1v) is 8.84. The number of ether oxygens (including phenoxy) is 2. The molecule has 0 aliphatic carbocycles. The van der Waals surface area contributed by atoms with Gasteiger partial charge >= 0.3 is 0 Å². The summed E-state index contributed by atoms with van der Waals surface area (Å²) in [7, 11) is 1.66. The van der Waals surface area contributed by atoms with Gasteiger partial charge in [0.1, 0.15) is 23.1 Å². The molecule has 0 aromatic heterocycles. The second-order valence-corrected chi connectivity index (χ2v) is 6.21. The first-order valence-electron chi connectivity index (χ1n) is 8.43. The summed E-state index contributed by atoms with van der Waals surface area (Å²) in [5.41, 5.74) is 3.12. The number of benzene rings is 3. The first-order chi connectivity index (χ1) is 12.8. The maximum absolute atomic E-state index is 5.99. The molecule has 0 heterocycles. The lowest BCUT2D eigenvalue weighted by molar-refractivity contribution is 0.305. The van der Waals surface area contributed by atoms with Crippen molar-refractivity contribution in [2.45, 2.75) is 13.2 Å². The Kier molecular flexibility index (Phi) is 6.23. The van der Waals surface area contributed by atoms with Crippen molar-refractivity contribution in [3.8, 4) is 11.5 Å². The first kappa shape index (κ1) is 18.0. The number of hydrogen-bond donors (Lipinski definition) is 1. The fourth-order valence-electron chi connectivity index (χ4n) is 2.58. The summed E-state index contributed by atoms with van der Waals surface area (Å²) in [6.07, 6.45) is 0. The fraction of sp³-hybridized carbons (Fsp3) is 0.136. The average molecular weight is 363 g/mol. The number of para-hydroxylation sites is 1. The van der Waals surface area contributed by atoms with E-state index in [0.717, 1.165) is 28.2 Å². The summed E-state index contributed by atoms with van der Waals surface area (Å²) in [4.78, 5) is 0.663. The highest BCUT2D eigenvalue weighted by molar-refractivity contribution is 7.80. The quantitative estimate of drug-likeness (QED) is 0.614. The molecule has 4 heteroatoms. The molecule has 3 rings (SSSR count). The molecular weight excluding hydrogens is 342 g/mol. The molecule has 1 N–H and O–H groups in total. The summed E-state index contributed by atoms with van der Waals surface area (Å²) in [6, 6.07) is 25.8. The van der Waals surface area contributed by atoms with Crippen LogP contribution in [-0.4, -0.2) is 12.1 Å². The lowest BCUT2D eigenvalue weighted by Gasteiger charge is -2.14. The molecule has 0 aliphatic rings. The Morgan fingerprint density at radius 3 is 2.42 bits per heavy atom. The molecule has 0 amide bonds. The molecule has 0 unspecified atom stereocenters. The molecular formula is C22H21NO2S. The Hall–Kier alpha value is -2.85. The van der Waals surface area contributed by atoms with E-state index < -0.39 is 0 Å². The topological polar surface area (TPSA) is 30.5 Å². The SMILES string of the molecule is COc1cccc(CNC(=S)c2ccccc2OCc2ccccc2)c1. The molecule has 0 spiro atoms. The van der Waals surface area contributed by atoms with Crippen LogP contribution in [0.2, 0.25) is 0 Å². The van der Waals surface area contributed by atoms with Gasteiger partial charge < -0.3 is 14.8 Å². The minimum Gasteiger partial charge on any atom is -0.497 e. The third-order valence-corrected chi connectivity index (χ3v) is 4.32. The monoisotopic (exact) mass is 363 g/mol. The molecule has 3 nitrogen and oxygen atoms in total. The Morgan fingerprint density at radius 2 is 1.62 bits per heavy atom. The predicted molar refractivity (Wildman–Crippen MR) is 109 cm³/mol. The smallest absolute Gasteiger partial charge is 0.129 e. The van der Waals surface area contributed by atoms with Crippen LogP contribution in [0, 0.1) is 0 Å². The number of thiocarbonyl (C=S) groups is 1. The Bertz CT molecular complexity index is 865. The van der Waals surface area contributed by atoms with Crippen molar-refractivity contribution in [1.29, 1.82) is 0 Å². The maximum Gasteiger partial charge on any atom is 0.129 e. The van der Waals surface area contributed by atoms with Crippen molar-refractivity contribution < 1.29 is 9.47 Å². The van der Waals surface area contributed by atoms with Crippen LogP contribution in [0.15, 0.2) is 78.9 Å². The molecule has 3 aromatic carbocycles.